The van der Waals surface area contributed by atoms with Gasteiger partial charge in [0.25, 0.3) is 0 Å². The Hall–Kier alpha value is -1.57. The minimum absolute atomic E-state index is 0.0622. The van der Waals surface area contributed by atoms with E-state index in [2.05, 4.69) is 26.8 Å². The van der Waals surface area contributed by atoms with Crippen molar-refractivity contribution in [3.63, 3.8) is 0 Å². The number of carbonyl (C=O) groups is 2. The molecule has 3 saturated carbocycles. The Bertz CT molecular complexity index is 730. The number of rotatable bonds is 7. The Labute approximate surface area is 181 Å². The maximum Gasteiger partial charge on any atom is 0.306 e. The molecule has 4 fully saturated rings. The number of esters is 1. The van der Waals surface area contributed by atoms with E-state index in [1.54, 1.807) is 0 Å². The van der Waals surface area contributed by atoms with E-state index in [1.807, 2.05) is 4.90 Å². The van der Waals surface area contributed by atoms with Crippen molar-refractivity contribution in [2.24, 2.45) is 23.2 Å². The summed E-state index contributed by atoms with van der Waals surface area (Å²) in [5.74, 6) is 1.76. The van der Waals surface area contributed by atoms with Gasteiger partial charge >= 0.3 is 5.97 Å². The minimum atomic E-state index is -0.399. The first-order valence-corrected chi connectivity index (χ1v) is 12.2. The Morgan fingerprint density at radius 3 is 2.67 bits per heavy atom. The lowest BCUT2D eigenvalue weighted by atomic mass is 9.56. The number of fused-ring (bicyclic) bond motifs is 3. The van der Waals surface area contributed by atoms with Crippen LogP contribution >= 0.6 is 0 Å². The van der Waals surface area contributed by atoms with Crippen molar-refractivity contribution in [3.8, 4) is 6.07 Å². The summed E-state index contributed by atoms with van der Waals surface area (Å²) in [4.78, 5) is 27.8. The molecule has 5 heteroatoms. The van der Waals surface area contributed by atoms with Crippen LogP contribution in [0.2, 0.25) is 0 Å². The fraction of sp³-hybridized carbons (Fsp3) is 0.880. The van der Waals surface area contributed by atoms with Gasteiger partial charge in [0.15, 0.2) is 0 Å². The van der Waals surface area contributed by atoms with Gasteiger partial charge in [-0.15, -0.1) is 0 Å². The van der Waals surface area contributed by atoms with Gasteiger partial charge in [-0.25, -0.2) is 0 Å². The highest BCUT2D eigenvalue weighted by molar-refractivity contribution is 5.79. The second-order valence-electron chi connectivity index (χ2n) is 11.2. The average molecular weight is 415 g/mol. The Morgan fingerprint density at radius 1 is 1.17 bits per heavy atom. The van der Waals surface area contributed by atoms with E-state index in [0.29, 0.717) is 36.6 Å². The molecule has 1 aliphatic heterocycles. The van der Waals surface area contributed by atoms with Crippen molar-refractivity contribution in [1.29, 1.82) is 5.26 Å². The van der Waals surface area contributed by atoms with Gasteiger partial charge < -0.3 is 9.64 Å². The van der Waals surface area contributed by atoms with E-state index in [4.69, 9.17) is 4.74 Å². The highest BCUT2D eigenvalue weighted by Crippen LogP contribution is 2.57. The van der Waals surface area contributed by atoms with E-state index in [0.717, 1.165) is 57.8 Å². The molecule has 7 unspecified atom stereocenters. The van der Waals surface area contributed by atoms with Crippen LogP contribution in [0.1, 0.15) is 97.8 Å². The van der Waals surface area contributed by atoms with Crippen molar-refractivity contribution in [2.45, 2.75) is 116 Å². The molecule has 4 rings (SSSR count). The van der Waals surface area contributed by atoms with Crippen molar-refractivity contribution in [2.75, 3.05) is 0 Å². The SMILES string of the molecule is CCCCC(=O)OC12CC(CC)CC(CC(C)(CC(=O)N3C(C#N)CC4CC43)C1)C2. The van der Waals surface area contributed by atoms with Crippen molar-refractivity contribution < 1.29 is 14.3 Å². The Morgan fingerprint density at radius 2 is 1.97 bits per heavy atom. The third-order valence-corrected chi connectivity index (χ3v) is 8.28. The zero-order chi connectivity index (χ0) is 21.5. The predicted octanol–water partition coefficient (Wildman–Crippen LogP) is 4.99. The number of unbranched alkanes of at least 4 members (excludes halogenated alkanes) is 1. The highest BCUT2D eigenvalue weighted by Gasteiger charge is 2.57. The summed E-state index contributed by atoms with van der Waals surface area (Å²) in [5, 5.41) is 9.49. The number of nitriles is 1. The van der Waals surface area contributed by atoms with Gasteiger partial charge in [-0.3, -0.25) is 9.59 Å². The van der Waals surface area contributed by atoms with E-state index in [9.17, 15) is 14.9 Å². The first-order valence-electron chi connectivity index (χ1n) is 12.2. The molecule has 0 N–H and O–H groups in total. The fourth-order valence-corrected chi connectivity index (χ4v) is 7.19. The maximum absolute atomic E-state index is 13.3. The molecule has 0 aromatic heterocycles. The minimum Gasteiger partial charge on any atom is -0.459 e. The lowest BCUT2D eigenvalue weighted by molar-refractivity contribution is -0.183. The van der Waals surface area contributed by atoms with Crippen LogP contribution in [0.3, 0.4) is 0 Å². The number of carbonyl (C=O) groups excluding carboxylic acids is 2. The summed E-state index contributed by atoms with van der Waals surface area (Å²) >= 11 is 0. The first-order chi connectivity index (χ1) is 14.3. The molecular weight excluding hydrogens is 376 g/mol. The fourth-order valence-electron chi connectivity index (χ4n) is 7.19. The number of likely N-dealkylation sites (tertiary alicyclic amines) is 1. The molecule has 1 amide bonds. The molecule has 7 atom stereocenters. The summed E-state index contributed by atoms with van der Waals surface area (Å²) in [5.41, 5.74) is -0.555. The van der Waals surface area contributed by atoms with Crippen LogP contribution in [0.4, 0.5) is 0 Å². The number of hydrogen-bond acceptors (Lipinski definition) is 4. The van der Waals surface area contributed by atoms with Gasteiger partial charge in [0, 0.05) is 18.9 Å². The molecule has 166 valence electrons. The molecular formula is C25H38N2O3. The summed E-state index contributed by atoms with van der Waals surface area (Å²) in [6, 6.07) is 2.41. The summed E-state index contributed by atoms with van der Waals surface area (Å²) < 4.78 is 6.24. The number of hydrogen-bond donors (Lipinski definition) is 0. The number of ether oxygens (including phenoxy) is 1. The van der Waals surface area contributed by atoms with Crippen LogP contribution in [0.15, 0.2) is 0 Å². The highest BCUT2D eigenvalue weighted by atomic mass is 16.6. The second kappa shape index (κ2) is 8.17. The molecule has 30 heavy (non-hydrogen) atoms. The van der Waals surface area contributed by atoms with Crippen molar-refractivity contribution >= 4 is 11.9 Å². The lowest BCUT2D eigenvalue weighted by Crippen LogP contribution is -2.52. The van der Waals surface area contributed by atoms with Gasteiger partial charge in [-0.2, -0.15) is 5.26 Å². The molecule has 0 radical (unpaired) electrons. The summed E-state index contributed by atoms with van der Waals surface area (Å²) in [7, 11) is 0. The standard InChI is InChI=1S/C25H38N2O3/c1-4-6-7-23(29)30-25-12-17(5-2)8-18(13-25)11-24(3,16-25)14-22(28)27-20(15-26)9-19-10-21(19)27/h17-21H,4-14,16H2,1-3H3. The van der Waals surface area contributed by atoms with E-state index in [-0.39, 0.29) is 23.3 Å². The summed E-state index contributed by atoms with van der Waals surface area (Å²) in [6.07, 6.45) is 10.8. The van der Waals surface area contributed by atoms with E-state index >= 15 is 0 Å². The molecule has 0 spiro atoms. The maximum atomic E-state index is 13.3. The molecule has 0 aromatic carbocycles. The Kier molecular flexibility index (Phi) is 5.90. The average Bonchev–Trinajstić information content (AvgIpc) is 3.33. The lowest BCUT2D eigenvalue weighted by Gasteiger charge is -2.54. The van der Waals surface area contributed by atoms with E-state index in [1.165, 1.54) is 6.42 Å². The van der Waals surface area contributed by atoms with Crippen LogP contribution in [0, 0.1) is 34.5 Å². The molecule has 0 aromatic rings. The molecule has 1 saturated heterocycles. The largest absolute Gasteiger partial charge is 0.459 e. The van der Waals surface area contributed by atoms with Gasteiger partial charge in [0.1, 0.15) is 11.6 Å². The quantitative estimate of drug-likeness (QED) is 0.550. The number of piperidine rings is 1. The van der Waals surface area contributed by atoms with Crippen LogP contribution in [-0.2, 0) is 14.3 Å². The smallest absolute Gasteiger partial charge is 0.306 e. The first kappa shape index (κ1) is 21.7. The third kappa shape index (κ3) is 4.25. The van der Waals surface area contributed by atoms with Crippen LogP contribution in [-0.4, -0.2) is 34.5 Å². The molecule has 1 heterocycles. The van der Waals surface area contributed by atoms with Crippen LogP contribution in [0.25, 0.3) is 0 Å². The van der Waals surface area contributed by atoms with Gasteiger partial charge in [0.2, 0.25) is 5.91 Å². The molecule has 5 nitrogen and oxygen atoms in total. The van der Waals surface area contributed by atoms with Crippen molar-refractivity contribution in [3.05, 3.63) is 0 Å². The zero-order valence-corrected chi connectivity index (χ0v) is 19.0. The topological polar surface area (TPSA) is 70.4 Å². The number of nitrogens with zero attached hydrogens (tertiary/aromatic N) is 2. The predicted molar refractivity (Wildman–Crippen MR) is 114 cm³/mol. The van der Waals surface area contributed by atoms with E-state index < -0.39 is 5.60 Å². The number of amides is 1. The Balaban J connectivity index is 1.49. The monoisotopic (exact) mass is 414 g/mol. The summed E-state index contributed by atoms with van der Waals surface area (Å²) in [6.45, 7) is 6.55. The van der Waals surface area contributed by atoms with Crippen molar-refractivity contribution in [1.82, 2.24) is 4.90 Å². The van der Waals surface area contributed by atoms with Gasteiger partial charge in [0.05, 0.1) is 6.07 Å². The third-order valence-electron chi connectivity index (χ3n) is 8.28. The molecule has 4 aliphatic rings. The van der Waals surface area contributed by atoms with Crippen LogP contribution in [0.5, 0.6) is 0 Å². The second-order valence-corrected chi connectivity index (χ2v) is 11.2. The van der Waals surface area contributed by atoms with Gasteiger partial charge in [-0.1, -0.05) is 33.6 Å². The van der Waals surface area contributed by atoms with Crippen LogP contribution < -0.4 is 0 Å². The molecule has 3 aliphatic carbocycles. The molecule has 2 bridgehead atoms. The normalized spacial score (nSPS) is 41.7. The van der Waals surface area contributed by atoms with Gasteiger partial charge in [-0.05, 0) is 74.5 Å². The zero-order valence-electron chi connectivity index (χ0n) is 19.0.